The number of ether oxygens (including phenoxy) is 2. The fourth-order valence-electron chi connectivity index (χ4n) is 2.41. The molecule has 0 bridgehead atoms. The Labute approximate surface area is 140 Å². The van der Waals surface area contributed by atoms with Gasteiger partial charge < -0.3 is 9.47 Å². The first-order chi connectivity index (χ1) is 11.2. The minimum absolute atomic E-state index is 0.114. The molecule has 0 aromatic heterocycles. The smallest absolute Gasteiger partial charge is 0.228 e. The van der Waals surface area contributed by atoms with Crippen LogP contribution in [-0.4, -0.2) is 42.4 Å². The van der Waals surface area contributed by atoms with E-state index >= 15 is 0 Å². The minimum atomic E-state index is -4.01. The van der Waals surface area contributed by atoms with Gasteiger partial charge in [0.15, 0.2) is 0 Å². The lowest BCUT2D eigenvalue weighted by Crippen LogP contribution is -2.30. The molecule has 2 aromatic carbocycles. The Hall–Kier alpha value is -1.68. The van der Waals surface area contributed by atoms with Crippen molar-refractivity contribution in [2.24, 2.45) is 0 Å². The van der Waals surface area contributed by atoms with Gasteiger partial charge in [-0.25, -0.2) is 16.8 Å². The second-order valence-corrected chi connectivity index (χ2v) is 9.38. The molecule has 130 valence electrons. The summed E-state index contributed by atoms with van der Waals surface area (Å²) in [6.45, 7) is 1.13. The Morgan fingerprint density at radius 3 is 2.46 bits per heavy atom. The summed E-state index contributed by atoms with van der Waals surface area (Å²) in [4.78, 5) is 0. The molecule has 1 fully saturated rings. The van der Waals surface area contributed by atoms with Gasteiger partial charge >= 0.3 is 0 Å². The lowest BCUT2D eigenvalue weighted by molar-refractivity contribution is 0.265. The molecule has 0 amide bonds. The molecule has 0 aliphatic carbocycles. The van der Waals surface area contributed by atoms with Crippen molar-refractivity contribution in [2.75, 3.05) is 19.5 Å². The topological polar surface area (TPSA) is 102 Å². The van der Waals surface area contributed by atoms with Crippen LogP contribution in [0.2, 0.25) is 0 Å². The molecular formula is C15H17NO6S2. The predicted molar refractivity (Wildman–Crippen MR) is 89.8 cm³/mol. The molecule has 9 heteroatoms. The average Bonchev–Trinajstić information content (AvgIpc) is 3.26. The summed E-state index contributed by atoms with van der Waals surface area (Å²) in [5, 5.41) is 1.47. The van der Waals surface area contributed by atoms with E-state index in [-0.39, 0.29) is 6.10 Å². The fourth-order valence-corrected chi connectivity index (χ4v) is 5.15. The first-order valence-electron chi connectivity index (χ1n) is 7.20. The lowest BCUT2D eigenvalue weighted by atomic mass is 10.0. The van der Waals surface area contributed by atoms with E-state index in [0.29, 0.717) is 29.9 Å². The van der Waals surface area contributed by atoms with Crippen molar-refractivity contribution in [1.29, 1.82) is 0 Å². The number of hydrogen-bond donors (Lipinski definition) is 1. The summed E-state index contributed by atoms with van der Waals surface area (Å²) < 4.78 is 58.9. The molecule has 1 unspecified atom stereocenters. The van der Waals surface area contributed by atoms with Gasteiger partial charge in [0.25, 0.3) is 0 Å². The number of rotatable bonds is 7. The van der Waals surface area contributed by atoms with Gasteiger partial charge in [0.2, 0.25) is 20.0 Å². The highest BCUT2D eigenvalue weighted by Gasteiger charge is 2.23. The SMILES string of the molecule is CS(=O)(=O)NS(=O)(=O)Cc1cccc2c(OCC3CO3)cccc12. The second kappa shape index (κ2) is 6.32. The van der Waals surface area contributed by atoms with E-state index in [0.717, 1.165) is 11.6 Å². The molecule has 3 rings (SSSR count). The summed E-state index contributed by atoms with van der Waals surface area (Å²) in [5.74, 6) is 0.199. The summed E-state index contributed by atoms with van der Waals surface area (Å²) >= 11 is 0. The molecule has 0 radical (unpaired) electrons. The van der Waals surface area contributed by atoms with Crippen LogP contribution in [0, 0.1) is 0 Å². The second-order valence-electron chi connectivity index (χ2n) is 5.65. The van der Waals surface area contributed by atoms with Crippen molar-refractivity contribution in [3.63, 3.8) is 0 Å². The van der Waals surface area contributed by atoms with Crippen molar-refractivity contribution in [3.8, 4) is 5.75 Å². The molecule has 7 nitrogen and oxygen atoms in total. The van der Waals surface area contributed by atoms with Crippen molar-refractivity contribution in [3.05, 3.63) is 42.0 Å². The van der Waals surface area contributed by atoms with Gasteiger partial charge in [0.1, 0.15) is 18.5 Å². The molecule has 24 heavy (non-hydrogen) atoms. The van der Waals surface area contributed by atoms with Crippen molar-refractivity contribution < 1.29 is 26.3 Å². The largest absolute Gasteiger partial charge is 0.490 e. The van der Waals surface area contributed by atoms with Gasteiger partial charge in [-0.2, -0.15) is 0 Å². The zero-order valence-electron chi connectivity index (χ0n) is 12.9. The molecule has 0 spiro atoms. The van der Waals surface area contributed by atoms with E-state index in [1.165, 1.54) is 0 Å². The van der Waals surface area contributed by atoms with Crippen molar-refractivity contribution in [1.82, 2.24) is 4.13 Å². The number of benzene rings is 2. The van der Waals surface area contributed by atoms with Crippen molar-refractivity contribution in [2.45, 2.75) is 11.9 Å². The minimum Gasteiger partial charge on any atom is -0.490 e. The van der Waals surface area contributed by atoms with E-state index in [9.17, 15) is 16.8 Å². The van der Waals surface area contributed by atoms with E-state index in [2.05, 4.69) is 0 Å². The first kappa shape index (κ1) is 17.2. The fraction of sp³-hybridized carbons (Fsp3) is 0.333. The van der Waals surface area contributed by atoms with Gasteiger partial charge in [-0.15, -0.1) is 4.13 Å². The Kier molecular flexibility index (Phi) is 4.52. The number of sulfonamides is 2. The monoisotopic (exact) mass is 371 g/mol. The highest BCUT2D eigenvalue weighted by molar-refractivity contribution is 8.04. The summed E-state index contributed by atoms with van der Waals surface area (Å²) in [7, 11) is -7.86. The van der Waals surface area contributed by atoms with E-state index in [1.54, 1.807) is 34.5 Å². The molecule has 1 atom stereocenters. The molecule has 1 saturated heterocycles. The van der Waals surface area contributed by atoms with Crippen LogP contribution in [0.3, 0.4) is 0 Å². The number of nitrogens with one attached hydrogen (secondary N) is 1. The van der Waals surface area contributed by atoms with E-state index in [1.807, 2.05) is 6.07 Å². The Bertz CT molecular complexity index is 965. The van der Waals surface area contributed by atoms with Crippen LogP contribution in [0.25, 0.3) is 10.8 Å². The molecule has 1 heterocycles. The lowest BCUT2D eigenvalue weighted by Gasteiger charge is -2.12. The van der Waals surface area contributed by atoms with Crippen LogP contribution in [-0.2, 0) is 30.5 Å². The summed E-state index contributed by atoms with van der Waals surface area (Å²) in [6, 6.07) is 10.6. The Morgan fingerprint density at radius 1 is 1.12 bits per heavy atom. The van der Waals surface area contributed by atoms with Gasteiger partial charge in [-0.3, -0.25) is 0 Å². The molecule has 2 aromatic rings. The summed E-state index contributed by atoms with van der Waals surface area (Å²) in [5.41, 5.74) is 0.497. The Balaban J connectivity index is 1.92. The maximum absolute atomic E-state index is 12.0. The standard InChI is InChI=1S/C15H17NO6S2/c1-23(17,18)16-24(19,20)10-11-4-2-6-14-13(11)5-3-7-15(14)22-9-12-8-21-12/h2-7,12,16H,8-10H2,1H3. The van der Waals surface area contributed by atoms with E-state index < -0.39 is 25.8 Å². The highest BCUT2D eigenvalue weighted by atomic mass is 32.3. The predicted octanol–water partition coefficient (Wildman–Crippen LogP) is 0.996. The first-order valence-corrected chi connectivity index (χ1v) is 10.7. The third kappa shape index (κ3) is 4.44. The van der Waals surface area contributed by atoms with Gasteiger partial charge in [0, 0.05) is 5.39 Å². The molecule has 1 aliphatic rings. The van der Waals surface area contributed by atoms with Gasteiger partial charge in [0.05, 0.1) is 18.6 Å². The number of fused-ring (bicyclic) bond motifs is 1. The zero-order valence-corrected chi connectivity index (χ0v) is 14.6. The van der Waals surface area contributed by atoms with Gasteiger partial charge in [-0.05, 0) is 17.0 Å². The quantitative estimate of drug-likeness (QED) is 0.729. The molecule has 0 saturated carbocycles. The van der Waals surface area contributed by atoms with E-state index in [4.69, 9.17) is 9.47 Å². The zero-order chi connectivity index (χ0) is 17.4. The average molecular weight is 371 g/mol. The van der Waals surface area contributed by atoms with Crippen LogP contribution in [0.4, 0.5) is 0 Å². The summed E-state index contributed by atoms with van der Waals surface area (Å²) in [6.07, 6.45) is 0.919. The number of epoxide rings is 1. The van der Waals surface area contributed by atoms with Crippen LogP contribution in [0.15, 0.2) is 36.4 Å². The van der Waals surface area contributed by atoms with Gasteiger partial charge in [-0.1, -0.05) is 30.3 Å². The molecule has 1 N–H and O–H groups in total. The normalized spacial score (nSPS) is 17.8. The molecule has 1 aliphatic heterocycles. The third-order valence-corrected chi connectivity index (χ3v) is 6.34. The van der Waals surface area contributed by atoms with Crippen LogP contribution in [0.5, 0.6) is 5.75 Å². The number of hydrogen-bond acceptors (Lipinski definition) is 6. The molecular weight excluding hydrogens is 354 g/mol. The van der Waals surface area contributed by atoms with Crippen LogP contribution in [0.1, 0.15) is 5.56 Å². The van der Waals surface area contributed by atoms with Crippen LogP contribution < -0.4 is 8.86 Å². The Morgan fingerprint density at radius 2 is 1.79 bits per heavy atom. The third-order valence-electron chi connectivity index (χ3n) is 3.42. The maximum Gasteiger partial charge on any atom is 0.228 e. The highest BCUT2D eigenvalue weighted by Crippen LogP contribution is 2.29. The van der Waals surface area contributed by atoms with Crippen LogP contribution >= 0.6 is 0 Å². The van der Waals surface area contributed by atoms with Crippen molar-refractivity contribution >= 4 is 30.8 Å². The maximum atomic E-state index is 12.0.